The molecule has 3 aliphatic rings. The van der Waals surface area contributed by atoms with Crippen molar-refractivity contribution in [2.45, 2.75) is 63.0 Å². The van der Waals surface area contributed by atoms with Crippen LogP contribution in [0.4, 0.5) is 18.0 Å². The van der Waals surface area contributed by atoms with E-state index in [0.717, 1.165) is 35.6 Å². The maximum Gasteiger partial charge on any atom is 0.409 e. The number of aromatic nitrogens is 3. The number of fused-ring (bicyclic) bond motifs is 2. The average molecular weight is 436 g/mol. The summed E-state index contributed by atoms with van der Waals surface area (Å²) in [5.41, 5.74) is 3.33. The Morgan fingerprint density at radius 2 is 1.94 bits per heavy atom. The van der Waals surface area contributed by atoms with Gasteiger partial charge < -0.3 is 9.64 Å². The highest BCUT2D eigenvalue weighted by Gasteiger charge is 2.60. The van der Waals surface area contributed by atoms with Gasteiger partial charge in [0.05, 0.1) is 24.4 Å². The van der Waals surface area contributed by atoms with E-state index in [1.165, 1.54) is 7.11 Å². The Hall–Kier alpha value is -2.32. The first-order valence-corrected chi connectivity index (χ1v) is 11.0. The lowest BCUT2D eigenvalue weighted by molar-refractivity contribution is -0.182. The van der Waals surface area contributed by atoms with Crippen molar-refractivity contribution in [2.75, 3.05) is 20.2 Å². The molecule has 1 aliphatic heterocycles. The van der Waals surface area contributed by atoms with Crippen LogP contribution < -0.4 is 0 Å². The molecule has 3 fully saturated rings. The molecule has 6 nitrogen and oxygen atoms in total. The molecule has 1 saturated heterocycles. The fourth-order valence-corrected chi connectivity index (χ4v) is 5.75. The first kappa shape index (κ1) is 20.6. The lowest BCUT2D eigenvalue weighted by Crippen LogP contribution is -2.43. The summed E-state index contributed by atoms with van der Waals surface area (Å²) in [6, 6.07) is 3.98. The highest BCUT2D eigenvalue weighted by molar-refractivity contribution is 5.68. The van der Waals surface area contributed by atoms with Crippen LogP contribution in [-0.4, -0.2) is 52.0 Å². The zero-order chi connectivity index (χ0) is 22.0. The predicted molar refractivity (Wildman–Crippen MR) is 107 cm³/mol. The van der Waals surface area contributed by atoms with Crippen LogP contribution in [0.15, 0.2) is 12.1 Å². The minimum Gasteiger partial charge on any atom is -0.453 e. The number of hydrogen-bond donors (Lipinski definition) is 0. The van der Waals surface area contributed by atoms with E-state index in [-0.39, 0.29) is 30.3 Å². The summed E-state index contributed by atoms with van der Waals surface area (Å²) in [4.78, 5) is 18.5. The van der Waals surface area contributed by atoms with Gasteiger partial charge in [-0.2, -0.15) is 18.3 Å². The lowest BCUT2D eigenvalue weighted by atomic mass is 9.80. The number of halogens is 3. The Morgan fingerprint density at radius 3 is 2.61 bits per heavy atom. The van der Waals surface area contributed by atoms with Crippen LogP contribution in [0.3, 0.4) is 0 Å². The third-order valence-corrected chi connectivity index (χ3v) is 7.58. The number of carbonyl (C=O) groups excluding carboxylic acids is 1. The molecule has 2 aliphatic carbocycles. The molecule has 31 heavy (non-hydrogen) atoms. The molecule has 2 saturated carbocycles. The van der Waals surface area contributed by atoms with Gasteiger partial charge in [0.15, 0.2) is 5.65 Å². The molecule has 0 unspecified atom stereocenters. The molecule has 168 valence electrons. The molecule has 2 atom stereocenters. The van der Waals surface area contributed by atoms with E-state index in [1.807, 2.05) is 23.6 Å². The van der Waals surface area contributed by atoms with E-state index >= 15 is 0 Å². The summed E-state index contributed by atoms with van der Waals surface area (Å²) >= 11 is 0. The fraction of sp³-hybridized carbons (Fsp3) is 0.682. The van der Waals surface area contributed by atoms with Gasteiger partial charge in [-0.25, -0.2) is 14.3 Å². The molecule has 2 aromatic heterocycles. The number of nitrogens with zero attached hydrogens (tertiary/aromatic N) is 4. The van der Waals surface area contributed by atoms with E-state index < -0.39 is 12.1 Å². The number of amides is 1. The molecule has 9 heteroatoms. The minimum absolute atomic E-state index is 0.0267. The number of alkyl halides is 3. The highest BCUT2D eigenvalue weighted by Crippen LogP contribution is 2.58. The average Bonchev–Trinajstić information content (AvgIpc) is 3.34. The van der Waals surface area contributed by atoms with Crippen LogP contribution in [-0.2, 0) is 10.2 Å². The zero-order valence-electron chi connectivity index (χ0n) is 17.8. The number of likely N-dealkylation sites (tertiary alicyclic amines) is 1. The van der Waals surface area contributed by atoms with Crippen molar-refractivity contribution >= 4 is 11.7 Å². The maximum atomic E-state index is 13.0. The molecule has 5 rings (SSSR count). The standard InChI is InChI=1S/C22H27F3N4O2/c1-13-9-18(21-11-16(21)7-8-28(12-21)20(30)31-2)29-19(26-13)10-17(27-29)14-3-5-15(6-4-14)22(23,24)25/h9-10,14-16H,3-8,11-12H2,1-2H3/t14-,15-,16-,21+/m1/s1. The Kier molecular flexibility index (Phi) is 4.71. The van der Waals surface area contributed by atoms with Crippen LogP contribution in [0.2, 0.25) is 0 Å². The van der Waals surface area contributed by atoms with Crippen molar-refractivity contribution in [3.05, 3.63) is 29.2 Å². The lowest BCUT2D eigenvalue weighted by Gasteiger charge is -2.32. The number of hydrogen-bond acceptors (Lipinski definition) is 4. The highest BCUT2D eigenvalue weighted by atomic mass is 19.4. The van der Waals surface area contributed by atoms with Gasteiger partial charge in [-0.1, -0.05) is 0 Å². The SMILES string of the molecule is COC(=O)N1CC[C@@H]2C[C@]2(c2cc(C)nc3cc([C@H]4CC[C@H](C(F)(F)F)CC4)nn23)C1. The molecule has 3 heterocycles. The van der Waals surface area contributed by atoms with Crippen molar-refractivity contribution in [1.29, 1.82) is 0 Å². The predicted octanol–water partition coefficient (Wildman–Crippen LogP) is 4.60. The zero-order valence-corrected chi connectivity index (χ0v) is 17.8. The van der Waals surface area contributed by atoms with Gasteiger partial charge in [0.2, 0.25) is 0 Å². The third kappa shape index (κ3) is 3.46. The summed E-state index contributed by atoms with van der Waals surface area (Å²) in [6.45, 7) is 3.23. The topological polar surface area (TPSA) is 59.7 Å². The number of ether oxygens (including phenoxy) is 1. The van der Waals surface area contributed by atoms with Gasteiger partial charge in [-0.3, -0.25) is 0 Å². The molecule has 1 amide bonds. The maximum absolute atomic E-state index is 13.0. The molecule has 2 aromatic rings. The van der Waals surface area contributed by atoms with Gasteiger partial charge in [-0.15, -0.1) is 0 Å². The molecule has 0 spiro atoms. The second kappa shape index (κ2) is 7.10. The quantitative estimate of drug-likeness (QED) is 0.690. The van der Waals surface area contributed by atoms with Crippen molar-refractivity contribution in [3.8, 4) is 0 Å². The van der Waals surface area contributed by atoms with E-state index in [4.69, 9.17) is 9.84 Å². The van der Waals surface area contributed by atoms with Crippen molar-refractivity contribution < 1.29 is 22.7 Å². The van der Waals surface area contributed by atoms with Gasteiger partial charge in [-0.05, 0) is 57.4 Å². The minimum atomic E-state index is -4.11. The Morgan fingerprint density at radius 1 is 1.19 bits per heavy atom. The number of piperidine rings is 1. The fourth-order valence-electron chi connectivity index (χ4n) is 5.75. The van der Waals surface area contributed by atoms with Crippen LogP contribution in [0.5, 0.6) is 0 Å². The van der Waals surface area contributed by atoms with Crippen LogP contribution in [0.1, 0.15) is 61.5 Å². The molecule has 0 bridgehead atoms. The molecular formula is C22H27F3N4O2. The van der Waals surface area contributed by atoms with Crippen molar-refractivity contribution in [3.63, 3.8) is 0 Å². The van der Waals surface area contributed by atoms with Crippen molar-refractivity contribution in [2.24, 2.45) is 11.8 Å². The Balaban J connectivity index is 1.45. The van der Waals surface area contributed by atoms with E-state index in [0.29, 0.717) is 31.8 Å². The summed E-state index contributed by atoms with van der Waals surface area (Å²) in [6.07, 6.45) is -1.21. The normalized spacial score (nSPS) is 30.9. The van der Waals surface area contributed by atoms with E-state index in [2.05, 4.69) is 4.98 Å². The second-order valence-corrected chi connectivity index (χ2v) is 9.45. The van der Waals surface area contributed by atoms with Crippen LogP contribution in [0.25, 0.3) is 5.65 Å². The molecule has 0 N–H and O–H groups in total. The smallest absolute Gasteiger partial charge is 0.409 e. The first-order chi connectivity index (χ1) is 14.7. The number of rotatable bonds is 2. The largest absolute Gasteiger partial charge is 0.453 e. The van der Waals surface area contributed by atoms with Gasteiger partial charge in [0, 0.05) is 36.2 Å². The monoisotopic (exact) mass is 436 g/mol. The number of carbonyl (C=O) groups is 1. The van der Waals surface area contributed by atoms with Crippen LogP contribution >= 0.6 is 0 Å². The summed E-state index contributed by atoms with van der Waals surface area (Å²) < 4.78 is 45.9. The van der Waals surface area contributed by atoms with E-state index in [1.54, 1.807) is 4.90 Å². The molecule has 0 aromatic carbocycles. The number of aryl methyl sites for hydroxylation is 1. The number of methoxy groups -OCH3 is 1. The first-order valence-electron chi connectivity index (χ1n) is 11.0. The van der Waals surface area contributed by atoms with Crippen LogP contribution in [0, 0.1) is 18.8 Å². The van der Waals surface area contributed by atoms with Gasteiger partial charge in [0.25, 0.3) is 0 Å². The second-order valence-electron chi connectivity index (χ2n) is 9.45. The Labute approximate surface area is 178 Å². The summed E-state index contributed by atoms with van der Waals surface area (Å²) in [7, 11) is 1.40. The molecule has 0 radical (unpaired) electrons. The van der Waals surface area contributed by atoms with E-state index in [9.17, 15) is 18.0 Å². The Bertz CT molecular complexity index is 1010. The summed E-state index contributed by atoms with van der Waals surface area (Å²) in [5, 5.41) is 4.84. The van der Waals surface area contributed by atoms with Gasteiger partial charge in [0.1, 0.15) is 0 Å². The summed E-state index contributed by atoms with van der Waals surface area (Å²) in [5.74, 6) is -0.679. The van der Waals surface area contributed by atoms with Crippen molar-refractivity contribution in [1.82, 2.24) is 19.5 Å². The third-order valence-electron chi connectivity index (χ3n) is 7.58. The molecular weight excluding hydrogens is 409 g/mol. The van der Waals surface area contributed by atoms with Gasteiger partial charge >= 0.3 is 12.3 Å².